The summed E-state index contributed by atoms with van der Waals surface area (Å²) in [4.78, 5) is 36.5. The maximum Gasteiger partial charge on any atom is 0.343 e. The molecule has 0 heterocycles. The zero-order valence-electron chi connectivity index (χ0n) is 18.5. The number of hydrogen-bond donors (Lipinski definition) is 2. The molecule has 0 atom stereocenters. The van der Waals surface area contributed by atoms with Crippen LogP contribution in [0.4, 0.5) is 5.69 Å². The summed E-state index contributed by atoms with van der Waals surface area (Å²) >= 11 is 5.82. The SMILES string of the molecule is CCOc1ccccc1NC(=O)C(=O)N/N=C(\C)c1ccc(OC(=O)c2ccc(Cl)cc2)cc1. The number of amides is 2. The van der Waals surface area contributed by atoms with Crippen molar-refractivity contribution in [1.82, 2.24) is 5.43 Å². The van der Waals surface area contributed by atoms with Crippen LogP contribution in [0.1, 0.15) is 29.8 Å². The van der Waals surface area contributed by atoms with Gasteiger partial charge in [0, 0.05) is 5.02 Å². The smallest absolute Gasteiger partial charge is 0.343 e. The number of carbonyl (C=O) groups is 3. The van der Waals surface area contributed by atoms with E-state index in [0.717, 1.165) is 0 Å². The van der Waals surface area contributed by atoms with Crippen LogP contribution in [0.3, 0.4) is 0 Å². The molecule has 2 amide bonds. The fourth-order valence-electron chi connectivity index (χ4n) is 2.80. The van der Waals surface area contributed by atoms with E-state index in [4.69, 9.17) is 21.1 Å². The molecule has 174 valence electrons. The van der Waals surface area contributed by atoms with Gasteiger partial charge in [0.1, 0.15) is 11.5 Å². The molecule has 0 aliphatic carbocycles. The number of rotatable bonds is 7. The van der Waals surface area contributed by atoms with Gasteiger partial charge in [0.05, 0.1) is 23.6 Å². The molecule has 0 saturated carbocycles. The van der Waals surface area contributed by atoms with Crippen LogP contribution in [0.15, 0.2) is 77.9 Å². The standard InChI is InChI=1S/C25H22ClN3O5/c1-3-33-22-7-5-4-6-21(22)27-23(30)24(31)29-28-16(2)17-10-14-20(15-11-17)34-25(32)18-8-12-19(26)13-9-18/h4-15H,3H2,1-2H3,(H,27,30)(H,29,31)/b28-16+. The number of esters is 1. The van der Waals surface area contributed by atoms with Crippen molar-refractivity contribution in [2.45, 2.75) is 13.8 Å². The van der Waals surface area contributed by atoms with E-state index in [1.807, 2.05) is 6.92 Å². The van der Waals surface area contributed by atoms with Crippen molar-refractivity contribution in [1.29, 1.82) is 0 Å². The summed E-state index contributed by atoms with van der Waals surface area (Å²) in [7, 11) is 0. The maximum atomic E-state index is 12.2. The normalized spacial score (nSPS) is 10.9. The lowest BCUT2D eigenvalue weighted by Gasteiger charge is -2.10. The first-order chi connectivity index (χ1) is 16.4. The number of halogens is 1. The molecule has 0 aromatic heterocycles. The summed E-state index contributed by atoms with van der Waals surface area (Å²) in [5.41, 5.74) is 4.09. The number of ether oxygens (including phenoxy) is 2. The van der Waals surface area contributed by atoms with E-state index in [1.165, 1.54) is 0 Å². The molecule has 3 aromatic rings. The van der Waals surface area contributed by atoms with E-state index >= 15 is 0 Å². The van der Waals surface area contributed by atoms with Crippen molar-refractivity contribution in [3.05, 3.63) is 88.9 Å². The van der Waals surface area contributed by atoms with Crippen LogP contribution in [0.2, 0.25) is 5.02 Å². The van der Waals surface area contributed by atoms with E-state index in [-0.39, 0.29) is 0 Å². The van der Waals surface area contributed by atoms with Gasteiger partial charge in [-0.25, -0.2) is 10.2 Å². The Hall–Kier alpha value is -4.17. The van der Waals surface area contributed by atoms with Gasteiger partial charge < -0.3 is 14.8 Å². The Bertz CT molecular complexity index is 1210. The zero-order valence-corrected chi connectivity index (χ0v) is 19.3. The minimum absolute atomic E-state index is 0.341. The Kier molecular flexibility index (Phi) is 8.37. The second kappa shape index (κ2) is 11.6. The number of carbonyl (C=O) groups excluding carboxylic acids is 3. The van der Waals surface area contributed by atoms with Gasteiger partial charge in [-0.1, -0.05) is 23.7 Å². The Balaban J connectivity index is 1.57. The zero-order chi connectivity index (χ0) is 24.5. The molecule has 0 bridgehead atoms. The van der Waals surface area contributed by atoms with E-state index in [0.29, 0.717) is 45.7 Å². The van der Waals surface area contributed by atoms with Crippen molar-refractivity contribution in [2.24, 2.45) is 5.10 Å². The van der Waals surface area contributed by atoms with Crippen molar-refractivity contribution in [3.8, 4) is 11.5 Å². The predicted molar refractivity (Wildman–Crippen MR) is 129 cm³/mol. The van der Waals surface area contributed by atoms with Gasteiger partial charge in [0.2, 0.25) is 0 Å². The van der Waals surface area contributed by atoms with E-state index < -0.39 is 17.8 Å². The quantitative estimate of drug-likeness (QED) is 0.171. The van der Waals surface area contributed by atoms with E-state index in [1.54, 1.807) is 79.7 Å². The summed E-state index contributed by atoms with van der Waals surface area (Å²) in [5.74, 6) is -1.53. The van der Waals surface area contributed by atoms with Gasteiger partial charge in [-0.3, -0.25) is 9.59 Å². The number of nitrogens with one attached hydrogen (secondary N) is 2. The summed E-state index contributed by atoms with van der Waals surface area (Å²) in [6, 6.07) is 19.7. The molecule has 0 fully saturated rings. The summed E-state index contributed by atoms with van der Waals surface area (Å²) in [5, 5.41) is 6.99. The van der Waals surface area contributed by atoms with Gasteiger partial charge in [0.15, 0.2) is 0 Å². The first kappa shape index (κ1) is 24.5. The Labute approximate surface area is 201 Å². The minimum atomic E-state index is -0.931. The molecular weight excluding hydrogens is 458 g/mol. The van der Waals surface area contributed by atoms with E-state index in [2.05, 4.69) is 15.8 Å². The molecule has 34 heavy (non-hydrogen) atoms. The van der Waals surface area contributed by atoms with Crippen LogP contribution in [0.5, 0.6) is 11.5 Å². The molecule has 0 unspecified atom stereocenters. The molecule has 8 nitrogen and oxygen atoms in total. The van der Waals surface area contributed by atoms with Crippen LogP contribution < -0.4 is 20.2 Å². The van der Waals surface area contributed by atoms with Gasteiger partial charge in [0.25, 0.3) is 0 Å². The predicted octanol–water partition coefficient (Wildman–Crippen LogP) is 4.44. The topological polar surface area (TPSA) is 106 Å². The fourth-order valence-corrected chi connectivity index (χ4v) is 2.92. The molecule has 3 aromatic carbocycles. The molecule has 0 aliphatic heterocycles. The molecule has 3 rings (SSSR count). The molecule has 2 N–H and O–H groups in total. The second-order valence-electron chi connectivity index (χ2n) is 6.94. The number of hydrazone groups is 1. The summed E-state index contributed by atoms with van der Waals surface area (Å²) < 4.78 is 10.8. The van der Waals surface area contributed by atoms with E-state index in [9.17, 15) is 14.4 Å². The third-order valence-corrected chi connectivity index (χ3v) is 4.78. The number of nitrogens with zero attached hydrogens (tertiary/aromatic N) is 1. The second-order valence-corrected chi connectivity index (χ2v) is 7.38. The monoisotopic (exact) mass is 479 g/mol. The van der Waals surface area contributed by atoms with Gasteiger partial charge in [-0.15, -0.1) is 0 Å². The highest BCUT2D eigenvalue weighted by Crippen LogP contribution is 2.23. The van der Waals surface area contributed by atoms with Gasteiger partial charge in [-0.05, 0) is 80.1 Å². The van der Waals surface area contributed by atoms with Crippen molar-refractivity contribution < 1.29 is 23.9 Å². The molecule has 0 spiro atoms. The highest BCUT2D eigenvalue weighted by atomic mass is 35.5. The summed E-state index contributed by atoms with van der Waals surface area (Å²) in [6.07, 6.45) is 0. The van der Waals surface area contributed by atoms with Crippen LogP contribution >= 0.6 is 11.6 Å². The largest absolute Gasteiger partial charge is 0.492 e. The third kappa shape index (κ3) is 6.66. The Morgan fingerprint density at radius 1 is 0.882 bits per heavy atom. The Morgan fingerprint density at radius 2 is 1.53 bits per heavy atom. The lowest BCUT2D eigenvalue weighted by Crippen LogP contribution is -2.33. The molecule has 0 aliphatic rings. The van der Waals surface area contributed by atoms with Crippen molar-refractivity contribution in [2.75, 3.05) is 11.9 Å². The van der Waals surface area contributed by atoms with Crippen molar-refractivity contribution in [3.63, 3.8) is 0 Å². The number of hydrogen-bond acceptors (Lipinski definition) is 6. The highest BCUT2D eigenvalue weighted by molar-refractivity contribution is 6.39. The third-order valence-electron chi connectivity index (χ3n) is 4.53. The summed E-state index contributed by atoms with van der Waals surface area (Å²) in [6.45, 7) is 3.90. The first-order valence-corrected chi connectivity index (χ1v) is 10.7. The Morgan fingerprint density at radius 3 is 2.21 bits per heavy atom. The number of anilines is 1. The number of para-hydroxylation sites is 2. The minimum Gasteiger partial charge on any atom is -0.492 e. The number of benzene rings is 3. The molecule has 0 radical (unpaired) electrons. The van der Waals surface area contributed by atoms with Crippen LogP contribution in [0, 0.1) is 0 Å². The lowest BCUT2D eigenvalue weighted by atomic mass is 10.1. The van der Waals surface area contributed by atoms with Crippen LogP contribution in [-0.4, -0.2) is 30.1 Å². The first-order valence-electron chi connectivity index (χ1n) is 10.3. The average Bonchev–Trinajstić information content (AvgIpc) is 2.84. The molecule has 9 heteroatoms. The highest BCUT2D eigenvalue weighted by Gasteiger charge is 2.15. The van der Waals surface area contributed by atoms with Crippen molar-refractivity contribution >= 4 is 40.8 Å². The lowest BCUT2D eigenvalue weighted by molar-refractivity contribution is -0.136. The fraction of sp³-hybridized carbons (Fsp3) is 0.120. The maximum absolute atomic E-state index is 12.2. The molecule has 0 saturated heterocycles. The van der Waals surface area contributed by atoms with Crippen LogP contribution in [0.25, 0.3) is 0 Å². The van der Waals surface area contributed by atoms with Gasteiger partial charge >= 0.3 is 17.8 Å². The molecular formula is C25H22ClN3O5. The van der Waals surface area contributed by atoms with Crippen LogP contribution in [-0.2, 0) is 9.59 Å². The average molecular weight is 480 g/mol. The van der Waals surface area contributed by atoms with Gasteiger partial charge in [-0.2, -0.15) is 5.10 Å².